The van der Waals surface area contributed by atoms with Crippen molar-refractivity contribution in [3.05, 3.63) is 30.3 Å². The van der Waals surface area contributed by atoms with Gasteiger partial charge in [-0.15, -0.1) is 24.0 Å². The Hall–Kier alpha value is -1.06. The third-order valence-corrected chi connectivity index (χ3v) is 4.72. The van der Waals surface area contributed by atoms with E-state index < -0.39 is 0 Å². The lowest BCUT2D eigenvalue weighted by atomic mass is 10.2. The second-order valence-electron chi connectivity index (χ2n) is 6.43. The summed E-state index contributed by atoms with van der Waals surface area (Å²) in [5.41, 5.74) is 0. The Kier molecular flexibility index (Phi) is 9.49. The number of benzene rings is 1. The molecule has 2 aliphatic heterocycles. The third-order valence-electron chi connectivity index (χ3n) is 4.72. The molecule has 1 atom stereocenters. The van der Waals surface area contributed by atoms with E-state index in [-0.39, 0.29) is 24.0 Å². The summed E-state index contributed by atoms with van der Waals surface area (Å²) in [5, 5.41) is 3.42. The number of para-hydroxylation sites is 1. The number of morpholine rings is 1. The Morgan fingerprint density at radius 1 is 1.23 bits per heavy atom. The van der Waals surface area contributed by atoms with E-state index in [1.54, 1.807) is 0 Å². The lowest BCUT2D eigenvalue weighted by molar-refractivity contribution is 0.0195. The van der Waals surface area contributed by atoms with E-state index in [1.807, 2.05) is 30.3 Å². The highest BCUT2D eigenvalue weighted by molar-refractivity contribution is 14.0. The van der Waals surface area contributed by atoms with E-state index in [4.69, 9.17) is 14.5 Å². The summed E-state index contributed by atoms with van der Waals surface area (Å²) >= 11 is 0. The highest BCUT2D eigenvalue weighted by Gasteiger charge is 2.30. The molecule has 2 saturated heterocycles. The number of rotatable bonds is 6. The van der Waals surface area contributed by atoms with Gasteiger partial charge in [0.15, 0.2) is 5.96 Å². The number of aliphatic imine (C=N–C) groups is 1. The molecule has 1 aromatic carbocycles. The fourth-order valence-electron chi connectivity index (χ4n) is 3.43. The molecule has 2 heterocycles. The summed E-state index contributed by atoms with van der Waals surface area (Å²) in [7, 11) is 0. The predicted octanol–water partition coefficient (Wildman–Crippen LogP) is 2.06. The first-order chi connectivity index (χ1) is 12.4. The SMILES string of the molecule is CCNC(=NCCOc1ccccc1)N1CCC(N2CCOCC2)C1.I. The number of halogens is 1. The van der Waals surface area contributed by atoms with Crippen LogP contribution in [-0.2, 0) is 4.74 Å². The summed E-state index contributed by atoms with van der Waals surface area (Å²) < 4.78 is 11.2. The minimum absolute atomic E-state index is 0. The molecule has 0 radical (unpaired) electrons. The standard InChI is InChI=1S/C19H30N4O2.HI/c1-2-20-19(21-9-13-25-18-6-4-3-5-7-18)23-10-8-17(16-23)22-11-14-24-15-12-22;/h3-7,17H,2,8-16H2,1H3,(H,20,21);1H. The van der Waals surface area contributed by atoms with Crippen molar-refractivity contribution in [3.63, 3.8) is 0 Å². The van der Waals surface area contributed by atoms with E-state index in [0.717, 1.165) is 57.6 Å². The van der Waals surface area contributed by atoms with Gasteiger partial charge in [0, 0.05) is 38.8 Å². The van der Waals surface area contributed by atoms with Crippen LogP contribution in [0.25, 0.3) is 0 Å². The van der Waals surface area contributed by atoms with Gasteiger partial charge in [0.1, 0.15) is 12.4 Å². The van der Waals surface area contributed by atoms with Crippen LogP contribution in [0, 0.1) is 0 Å². The highest BCUT2D eigenvalue weighted by Crippen LogP contribution is 2.17. The van der Waals surface area contributed by atoms with Crippen LogP contribution in [0.15, 0.2) is 35.3 Å². The van der Waals surface area contributed by atoms with Crippen LogP contribution in [0.1, 0.15) is 13.3 Å². The quantitative estimate of drug-likeness (QED) is 0.296. The fourth-order valence-corrected chi connectivity index (χ4v) is 3.43. The first-order valence-electron chi connectivity index (χ1n) is 9.39. The summed E-state index contributed by atoms with van der Waals surface area (Å²) in [4.78, 5) is 9.70. The van der Waals surface area contributed by atoms with Gasteiger partial charge in [-0.2, -0.15) is 0 Å². The minimum Gasteiger partial charge on any atom is -0.492 e. The number of likely N-dealkylation sites (tertiary alicyclic amines) is 1. The van der Waals surface area contributed by atoms with E-state index in [2.05, 4.69) is 22.0 Å². The van der Waals surface area contributed by atoms with Gasteiger partial charge in [0.05, 0.1) is 19.8 Å². The Labute approximate surface area is 173 Å². The molecule has 1 unspecified atom stereocenters. The number of hydrogen-bond acceptors (Lipinski definition) is 4. The van der Waals surface area contributed by atoms with E-state index in [1.165, 1.54) is 6.42 Å². The smallest absolute Gasteiger partial charge is 0.194 e. The van der Waals surface area contributed by atoms with Crippen LogP contribution in [-0.4, -0.2) is 80.9 Å². The van der Waals surface area contributed by atoms with Crippen LogP contribution in [0.3, 0.4) is 0 Å². The summed E-state index contributed by atoms with van der Waals surface area (Å²) in [5.74, 6) is 1.91. The molecule has 0 amide bonds. The molecule has 0 saturated carbocycles. The maximum absolute atomic E-state index is 5.74. The molecular formula is C19H31IN4O2. The second kappa shape index (κ2) is 11.6. The topological polar surface area (TPSA) is 49.3 Å². The summed E-state index contributed by atoms with van der Waals surface area (Å²) in [6.07, 6.45) is 1.20. The molecule has 0 spiro atoms. The van der Waals surface area contributed by atoms with Crippen molar-refractivity contribution < 1.29 is 9.47 Å². The molecule has 1 aromatic rings. The van der Waals surface area contributed by atoms with Gasteiger partial charge in [-0.05, 0) is 25.5 Å². The van der Waals surface area contributed by atoms with E-state index >= 15 is 0 Å². The molecular weight excluding hydrogens is 443 g/mol. The van der Waals surface area contributed by atoms with Crippen molar-refractivity contribution in [2.75, 3.05) is 59.1 Å². The van der Waals surface area contributed by atoms with Gasteiger partial charge in [-0.1, -0.05) is 18.2 Å². The van der Waals surface area contributed by atoms with Crippen LogP contribution < -0.4 is 10.1 Å². The lowest BCUT2D eigenvalue weighted by Crippen LogP contribution is -2.46. The average molecular weight is 474 g/mol. The van der Waals surface area contributed by atoms with Crippen molar-refractivity contribution in [1.29, 1.82) is 0 Å². The zero-order valence-corrected chi connectivity index (χ0v) is 17.9. The Bertz CT molecular complexity index is 538. The van der Waals surface area contributed by atoms with Gasteiger partial charge in [-0.25, -0.2) is 4.99 Å². The van der Waals surface area contributed by atoms with Crippen LogP contribution in [0.4, 0.5) is 0 Å². The molecule has 0 aromatic heterocycles. The number of guanidine groups is 1. The maximum atomic E-state index is 5.74. The van der Waals surface area contributed by atoms with Crippen LogP contribution in [0.5, 0.6) is 5.75 Å². The molecule has 0 bridgehead atoms. The van der Waals surface area contributed by atoms with Gasteiger partial charge in [0.2, 0.25) is 0 Å². The second-order valence-corrected chi connectivity index (χ2v) is 6.43. The average Bonchev–Trinajstić information content (AvgIpc) is 3.16. The van der Waals surface area contributed by atoms with Gasteiger partial charge in [-0.3, -0.25) is 4.90 Å². The number of hydrogen-bond donors (Lipinski definition) is 1. The highest BCUT2D eigenvalue weighted by atomic mass is 127. The molecule has 2 aliphatic rings. The molecule has 146 valence electrons. The van der Waals surface area contributed by atoms with E-state index in [0.29, 0.717) is 19.2 Å². The van der Waals surface area contributed by atoms with Crippen LogP contribution in [0.2, 0.25) is 0 Å². The molecule has 6 nitrogen and oxygen atoms in total. The summed E-state index contributed by atoms with van der Waals surface area (Å²) in [6, 6.07) is 10.5. The molecule has 2 fully saturated rings. The molecule has 3 rings (SSSR count). The zero-order chi connectivity index (χ0) is 17.3. The Morgan fingerprint density at radius 2 is 2.00 bits per heavy atom. The maximum Gasteiger partial charge on any atom is 0.194 e. The van der Waals surface area contributed by atoms with Gasteiger partial charge >= 0.3 is 0 Å². The first-order valence-corrected chi connectivity index (χ1v) is 9.39. The molecule has 0 aliphatic carbocycles. The fraction of sp³-hybridized carbons (Fsp3) is 0.632. The van der Waals surface area contributed by atoms with Gasteiger partial charge in [0.25, 0.3) is 0 Å². The Balaban J connectivity index is 0.00000243. The number of nitrogens with one attached hydrogen (secondary N) is 1. The number of nitrogens with zero attached hydrogens (tertiary/aromatic N) is 3. The van der Waals surface area contributed by atoms with Crippen LogP contribution >= 0.6 is 24.0 Å². The normalized spacial score (nSPS) is 21.3. The molecule has 7 heteroatoms. The lowest BCUT2D eigenvalue weighted by Gasteiger charge is -2.32. The monoisotopic (exact) mass is 474 g/mol. The minimum atomic E-state index is 0. The van der Waals surface area contributed by atoms with Crippen molar-refractivity contribution in [1.82, 2.24) is 15.1 Å². The van der Waals surface area contributed by atoms with Crippen molar-refractivity contribution in [2.24, 2.45) is 4.99 Å². The number of ether oxygens (including phenoxy) is 2. The molecule has 1 N–H and O–H groups in total. The largest absolute Gasteiger partial charge is 0.492 e. The first kappa shape index (κ1) is 21.2. The zero-order valence-electron chi connectivity index (χ0n) is 15.6. The predicted molar refractivity (Wildman–Crippen MR) is 116 cm³/mol. The van der Waals surface area contributed by atoms with Crippen molar-refractivity contribution in [2.45, 2.75) is 19.4 Å². The third kappa shape index (κ3) is 6.28. The Morgan fingerprint density at radius 3 is 2.73 bits per heavy atom. The van der Waals surface area contributed by atoms with Crippen molar-refractivity contribution >= 4 is 29.9 Å². The summed E-state index contributed by atoms with van der Waals surface area (Å²) in [6.45, 7) is 10.2. The molecule has 26 heavy (non-hydrogen) atoms. The van der Waals surface area contributed by atoms with Crippen molar-refractivity contribution in [3.8, 4) is 5.75 Å². The van der Waals surface area contributed by atoms with Gasteiger partial charge < -0.3 is 19.7 Å². The van der Waals surface area contributed by atoms with E-state index in [9.17, 15) is 0 Å².